The number of amides is 1. The van der Waals surface area contributed by atoms with E-state index >= 15 is 0 Å². The minimum atomic E-state index is -0.230. The van der Waals surface area contributed by atoms with Crippen molar-refractivity contribution in [3.05, 3.63) is 23.4 Å². The minimum absolute atomic E-state index is 0.230. The molecule has 0 aliphatic carbocycles. The molecule has 0 radical (unpaired) electrons. The molecule has 0 bridgehead atoms. The highest BCUT2D eigenvalue weighted by Crippen LogP contribution is 2.16. The lowest BCUT2D eigenvalue weighted by molar-refractivity contribution is -0.113. The van der Waals surface area contributed by atoms with Gasteiger partial charge < -0.3 is 0 Å². The molecule has 0 spiro atoms. The van der Waals surface area contributed by atoms with E-state index in [4.69, 9.17) is 0 Å². The maximum absolute atomic E-state index is 10.6. The van der Waals surface area contributed by atoms with Crippen molar-refractivity contribution in [3.63, 3.8) is 0 Å². The van der Waals surface area contributed by atoms with E-state index in [9.17, 15) is 4.79 Å². The van der Waals surface area contributed by atoms with Crippen LogP contribution >= 0.6 is 0 Å². The van der Waals surface area contributed by atoms with E-state index in [0.717, 1.165) is 11.3 Å². The lowest BCUT2D eigenvalue weighted by Gasteiger charge is -1.98. The summed E-state index contributed by atoms with van der Waals surface area (Å²) in [5.41, 5.74) is 1.64. The first-order chi connectivity index (χ1) is 4.86. The topological polar surface area (TPSA) is 41.8 Å². The predicted molar refractivity (Wildman–Crippen MR) is 38.2 cm³/mol. The Labute approximate surface area is 57.5 Å². The van der Waals surface area contributed by atoms with E-state index in [2.05, 4.69) is 9.98 Å². The molecule has 2 aliphatic heterocycles. The summed E-state index contributed by atoms with van der Waals surface area (Å²) in [6, 6.07) is 0. The molecule has 0 unspecified atom stereocenters. The van der Waals surface area contributed by atoms with Crippen LogP contribution < -0.4 is 0 Å². The molecule has 2 aliphatic rings. The van der Waals surface area contributed by atoms with Gasteiger partial charge in [0.05, 0.1) is 5.70 Å². The average Bonchev–Trinajstić information content (AvgIpc) is 2.33. The Morgan fingerprint density at radius 2 is 2.20 bits per heavy atom. The number of fused-ring (bicyclic) bond motifs is 1. The van der Waals surface area contributed by atoms with Crippen LogP contribution in [-0.2, 0) is 4.79 Å². The fraction of sp³-hybridized carbons (Fsp3) is 0. The largest absolute Gasteiger partial charge is 0.271 e. The molecule has 3 heteroatoms. The molecule has 2 heterocycles. The van der Waals surface area contributed by atoms with Crippen LogP contribution in [0.2, 0.25) is 0 Å². The van der Waals surface area contributed by atoms with Gasteiger partial charge in [-0.15, -0.1) is 0 Å². The third-order valence-electron chi connectivity index (χ3n) is 1.35. The summed E-state index contributed by atoms with van der Waals surface area (Å²) in [6.07, 6.45) is 6.44. The highest BCUT2D eigenvalue weighted by Gasteiger charge is 2.11. The molecular formula is C7H4N2O. The van der Waals surface area contributed by atoms with Crippen LogP contribution in [0.1, 0.15) is 0 Å². The standard InChI is InChI=1S/C7H4N2O/c10-7-3-6-5(4-9-7)1-2-8-6/h1-4H. The molecule has 0 aromatic rings. The number of rotatable bonds is 0. The molecule has 0 saturated heterocycles. The van der Waals surface area contributed by atoms with Gasteiger partial charge in [0.2, 0.25) is 0 Å². The highest BCUT2D eigenvalue weighted by molar-refractivity contribution is 6.08. The normalized spacial score (nSPS) is 20.6. The van der Waals surface area contributed by atoms with E-state index in [1.807, 2.05) is 6.08 Å². The molecule has 0 atom stereocenters. The van der Waals surface area contributed by atoms with Crippen molar-refractivity contribution in [1.82, 2.24) is 0 Å². The average molecular weight is 132 g/mol. The molecule has 1 amide bonds. The first-order valence-corrected chi connectivity index (χ1v) is 2.91. The van der Waals surface area contributed by atoms with Gasteiger partial charge in [0.15, 0.2) is 0 Å². The van der Waals surface area contributed by atoms with E-state index in [1.165, 1.54) is 12.3 Å². The first-order valence-electron chi connectivity index (χ1n) is 2.91. The fourth-order valence-electron chi connectivity index (χ4n) is 0.875. The molecule has 0 aromatic heterocycles. The van der Waals surface area contributed by atoms with Gasteiger partial charge in [0.1, 0.15) is 0 Å². The summed E-state index contributed by atoms with van der Waals surface area (Å²) >= 11 is 0. The Kier molecular flexibility index (Phi) is 0.917. The van der Waals surface area contributed by atoms with Gasteiger partial charge in [0.25, 0.3) is 5.91 Å². The third kappa shape index (κ3) is 0.639. The Balaban J connectivity index is 2.51. The molecule has 0 N–H and O–H groups in total. The summed E-state index contributed by atoms with van der Waals surface area (Å²) < 4.78 is 0. The summed E-state index contributed by atoms with van der Waals surface area (Å²) in [4.78, 5) is 18.2. The number of carbonyl (C=O) groups is 1. The van der Waals surface area contributed by atoms with E-state index in [0.29, 0.717) is 0 Å². The van der Waals surface area contributed by atoms with E-state index < -0.39 is 0 Å². The van der Waals surface area contributed by atoms with Crippen LogP contribution in [0.4, 0.5) is 0 Å². The molecule has 3 nitrogen and oxygen atoms in total. The number of allylic oxidation sites excluding steroid dienone is 2. The van der Waals surface area contributed by atoms with Crippen LogP contribution in [0.5, 0.6) is 0 Å². The van der Waals surface area contributed by atoms with Gasteiger partial charge >= 0.3 is 0 Å². The molecule has 48 valence electrons. The highest BCUT2D eigenvalue weighted by atomic mass is 16.1. The van der Waals surface area contributed by atoms with E-state index in [-0.39, 0.29) is 5.91 Å². The van der Waals surface area contributed by atoms with Crippen molar-refractivity contribution in [1.29, 1.82) is 0 Å². The summed E-state index contributed by atoms with van der Waals surface area (Å²) in [5, 5.41) is 0. The maximum Gasteiger partial charge on any atom is 0.271 e. The molecule has 0 fully saturated rings. The van der Waals surface area contributed by atoms with Gasteiger partial charge in [-0.1, -0.05) is 0 Å². The lowest BCUT2D eigenvalue weighted by atomic mass is 10.2. The zero-order chi connectivity index (χ0) is 6.97. The summed E-state index contributed by atoms with van der Waals surface area (Å²) in [6.45, 7) is 0. The maximum atomic E-state index is 10.6. The zero-order valence-electron chi connectivity index (χ0n) is 5.11. The lowest BCUT2D eigenvalue weighted by Crippen LogP contribution is -1.99. The summed E-state index contributed by atoms with van der Waals surface area (Å²) in [5.74, 6) is -0.230. The Bertz CT molecular complexity index is 308. The number of aliphatic imine (C=N–C) groups is 2. The number of hydrogen-bond donors (Lipinski definition) is 0. The zero-order valence-corrected chi connectivity index (χ0v) is 5.11. The van der Waals surface area contributed by atoms with Crippen LogP contribution in [0, 0.1) is 0 Å². The van der Waals surface area contributed by atoms with Crippen molar-refractivity contribution in [2.24, 2.45) is 9.98 Å². The van der Waals surface area contributed by atoms with Gasteiger partial charge in [-0.05, 0) is 6.08 Å². The number of nitrogens with zero attached hydrogens (tertiary/aromatic N) is 2. The van der Waals surface area contributed by atoms with Crippen molar-refractivity contribution in [2.75, 3.05) is 0 Å². The number of hydrogen-bond acceptors (Lipinski definition) is 2. The van der Waals surface area contributed by atoms with Crippen LogP contribution in [-0.4, -0.2) is 18.3 Å². The van der Waals surface area contributed by atoms with Crippen LogP contribution in [0.15, 0.2) is 33.4 Å². The van der Waals surface area contributed by atoms with Gasteiger partial charge in [-0.25, -0.2) is 4.99 Å². The smallest absolute Gasteiger partial charge is 0.267 e. The van der Waals surface area contributed by atoms with Gasteiger partial charge in [-0.2, -0.15) is 0 Å². The van der Waals surface area contributed by atoms with Crippen molar-refractivity contribution in [3.8, 4) is 0 Å². The molecular weight excluding hydrogens is 128 g/mol. The van der Waals surface area contributed by atoms with Crippen LogP contribution in [0.25, 0.3) is 0 Å². The second kappa shape index (κ2) is 1.73. The third-order valence-corrected chi connectivity index (χ3v) is 1.35. The van der Waals surface area contributed by atoms with Gasteiger partial charge in [0, 0.05) is 24.1 Å². The fourth-order valence-corrected chi connectivity index (χ4v) is 0.875. The molecule has 10 heavy (non-hydrogen) atoms. The second-order valence-corrected chi connectivity index (χ2v) is 2.03. The van der Waals surface area contributed by atoms with Crippen LogP contribution in [0.3, 0.4) is 0 Å². The summed E-state index contributed by atoms with van der Waals surface area (Å²) in [7, 11) is 0. The number of dihydropyridines is 1. The number of carbonyl (C=O) groups excluding carboxylic acids is 1. The van der Waals surface area contributed by atoms with Crippen molar-refractivity contribution in [2.45, 2.75) is 0 Å². The van der Waals surface area contributed by atoms with Crippen molar-refractivity contribution < 1.29 is 4.79 Å². The molecule has 2 rings (SSSR count). The Hall–Kier alpha value is -1.51. The SMILES string of the molecule is O=C1C=C2N=CC=C2C=N1. The van der Waals surface area contributed by atoms with Crippen molar-refractivity contribution >= 4 is 18.3 Å². The first kappa shape index (κ1) is 5.29. The molecule has 0 saturated carbocycles. The predicted octanol–water partition coefficient (Wildman–Crippen LogP) is 0.492. The Morgan fingerprint density at radius 1 is 1.30 bits per heavy atom. The Morgan fingerprint density at radius 3 is 3.10 bits per heavy atom. The minimum Gasteiger partial charge on any atom is -0.267 e. The van der Waals surface area contributed by atoms with Gasteiger partial charge in [-0.3, -0.25) is 9.79 Å². The molecule has 0 aromatic carbocycles. The quantitative estimate of drug-likeness (QED) is 0.473. The monoisotopic (exact) mass is 132 g/mol. The second-order valence-electron chi connectivity index (χ2n) is 2.03. The van der Waals surface area contributed by atoms with E-state index in [1.54, 1.807) is 6.21 Å².